The summed E-state index contributed by atoms with van der Waals surface area (Å²) in [6.45, 7) is 3.80. The van der Waals surface area contributed by atoms with Crippen LogP contribution in [-0.4, -0.2) is 30.6 Å². The van der Waals surface area contributed by atoms with Gasteiger partial charge in [-0.2, -0.15) is 0 Å². The number of anilines is 1. The maximum absolute atomic E-state index is 3.57. The van der Waals surface area contributed by atoms with Crippen LogP contribution in [0, 0.1) is 5.92 Å². The average molecular weight is 270 g/mol. The van der Waals surface area contributed by atoms with E-state index < -0.39 is 0 Å². The minimum atomic E-state index is 0.730. The van der Waals surface area contributed by atoms with E-state index in [4.69, 9.17) is 0 Å². The van der Waals surface area contributed by atoms with Crippen molar-refractivity contribution in [1.82, 2.24) is 4.90 Å². The predicted octanol–water partition coefficient (Wildman–Crippen LogP) is 3.85. The van der Waals surface area contributed by atoms with Crippen LogP contribution in [0.5, 0.6) is 0 Å². The molecule has 20 heavy (non-hydrogen) atoms. The van der Waals surface area contributed by atoms with Gasteiger partial charge < -0.3 is 10.2 Å². The number of benzene rings is 1. The quantitative estimate of drug-likeness (QED) is 0.897. The summed E-state index contributed by atoms with van der Waals surface area (Å²) in [6, 6.07) is 9.79. The van der Waals surface area contributed by atoms with Crippen molar-refractivity contribution in [2.45, 2.75) is 50.5 Å². The lowest BCUT2D eigenvalue weighted by Crippen LogP contribution is -2.43. The lowest BCUT2D eigenvalue weighted by atomic mass is 9.90. The van der Waals surface area contributed by atoms with Gasteiger partial charge in [0, 0.05) is 24.2 Å². The van der Waals surface area contributed by atoms with Gasteiger partial charge in [-0.3, -0.25) is 0 Å². The van der Waals surface area contributed by atoms with E-state index in [1.54, 1.807) is 5.56 Å². The molecule has 0 spiro atoms. The molecule has 1 N–H and O–H groups in total. The van der Waals surface area contributed by atoms with Crippen molar-refractivity contribution < 1.29 is 0 Å². The van der Waals surface area contributed by atoms with E-state index in [2.05, 4.69) is 34.5 Å². The van der Waals surface area contributed by atoms with Crippen LogP contribution in [0.1, 0.15) is 50.0 Å². The highest BCUT2D eigenvalue weighted by molar-refractivity contribution is 5.57. The van der Waals surface area contributed by atoms with Crippen LogP contribution in [0.15, 0.2) is 24.3 Å². The van der Waals surface area contributed by atoms with Crippen molar-refractivity contribution in [3.05, 3.63) is 29.8 Å². The zero-order valence-corrected chi connectivity index (χ0v) is 12.4. The number of rotatable bonds is 3. The molecule has 2 fully saturated rings. The molecule has 1 aliphatic carbocycles. The van der Waals surface area contributed by atoms with Crippen molar-refractivity contribution in [2.24, 2.45) is 5.92 Å². The van der Waals surface area contributed by atoms with Crippen LogP contribution in [0.2, 0.25) is 0 Å². The second kappa shape index (κ2) is 5.40. The highest BCUT2D eigenvalue weighted by Gasteiger charge is 2.35. The molecule has 4 rings (SSSR count). The Balaban J connectivity index is 1.39. The summed E-state index contributed by atoms with van der Waals surface area (Å²) < 4.78 is 0. The van der Waals surface area contributed by atoms with E-state index in [1.165, 1.54) is 57.3 Å². The first-order chi connectivity index (χ1) is 9.92. The molecule has 108 valence electrons. The summed E-state index contributed by atoms with van der Waals surface area (Å²) in [5.41, 5.74) is 2.92. The summed E-state index contributed by atoms with van der Waals surface area (Å²) in [4.78, 5) is 2.82. The highest BCUT2D eigenvalue weighted by atomic mass is 15.2. The van der Waals surface area contributed by atoms with Crippen LogP contribution >= 0.6 is 0 Å². The van der Waals surface area contributed by atoms with Crippen LogP contribution in [0.3, 0.4) is 0 Å². The Morgan fingerprint density at radius 1 is 1.10 bits per heavy atom. The first-order valence-corrected chi connectivity index (χ1v) is 8.48. The first-order valence-electron chi connectivity index (χ1n) is 8.48. The maximum atomic E-state index is 3.57. The number of para-hydroxylation sites is 1. The summed E-state index contributed by atoms with van der Waals surface area (Å²) in [7, 11) is 0. The van der Waals surface area contributed by atoms with Crippen molar-refractivity contribution in [3.8, 4) is 0 Å². The predicted molar refractivity (Wildman–Crippen MR) is 84.2 cm³/mol. The molecule has 2 aliphatic heterocycles. The standard InChI is InChI=1S/C18H26N2/c1-2-8-17-16(7-1)15(13-19-17)10-12-20-11-4-6-14-5-3-9-18(14)20/h1-2,7-8,14-15,18-19H,3-6,9-13H2. The molecule has 2 heteroatoms. The monoisotopic (exact) mass is 270 g/mol. The van der Waals surface area contributed by atoms with Gasteiger partial charge in [-0.15, -0.1) is 0 Å². The summed E-state index contributed by atoms with van der Waals surface area (Å²) in [5, 5.41) is 3.57. The molecule has 0 aromatic heterocycles. The van der Waals surface area contributed by atoms with E-state index >= 15 is 0 Å². The Labute approximate surface area is 122 Å². The van der Waals surface area contributed by atoms with Gasteiger partial charge in [0.25, 0.3) is 0 Å². The van der Waals surface area contributed by atoms with E-state index in [0.29, 0.717) is 0 Å². The van der Waals surface area contributed by atoms with Crippen LogP contribution in [-0.2, 0) is 0 Å². The number of piperidine rings is 1. The van der Waals surface area contributed by atoms with Crippen LogP contribution < -0.4 is 5.32 Å². The Hall–Kier alpha value is -1.02. The normalized spacial score (nSPS) is 32.7. The molecular formula is C18H26N2. The molecule has 0 bridgehead atoms. The highest BCUT2D eigenvalue weighted by Crippen LogP contribution is 2.38. The van der Waals surface area contributed by atoms with Gasteiger partial charge in [0.05, 0.1) is 0 Å². The molecule has 2 heterocycles. The molecule has 0 amide bonds. The van der Waals surface area contributed by atoms with Gasteiger partial charge in [0.2, 0.25) is 0 Å². The molecule has 3 unspecified atom stereocenters. The molecule has 3 atom stereocenters. The molecule has 2 nitrogen and oxygen atoms in total. The van der Waals surface area contributed by atoms with E-state index in [0.717, 1.165) is 24.4 Å². The van der Waals surface area contributed by atoms with Gasteiger partial charge in [0.1, 0.15) is 0 Å². The van der Waals surface area contributed by atoms with Crippen molar-refractivity contribution in [3.63, 3.8) is 0 Å². The number of nitrogens with zero attached hydrogens (tertiary/aromatic N) is 1. The largest absolute Gasteiger partial charge is 0.384 e. The fourth-order valence-electron chi connectivity index (χ4n) is 4.77. The van der Waals surface area contributed by atoms with E-state index in [1.807, 2.05) is 0 Å². The minimum absolute atomic E-state index is 0.730. The third kappa shape index (κ3) is 2.24. The number of hydrogen-bond donors (Lipinski definition) is 1. The maximum Gasteiger partial charge on any atom is 0.0376 e. The first kappa shape index (κ1) is 12.7. The molecule has 3 aliphatic rings. The molecule has 1 aromatic carbocycles. The topological polar surface area (TPSA) is 15.3 Å². The smallest absolute Gasteiger partial charge is 0.0376 e. The Morgan fingerprint density at radius 3 is 3.00 bits per heavy atom. The Morgan fingerprint density at radius 2 is 2.00 bits per heavy atom. The van der Waals surface area contributed by atoms with Crippen LogP contribution in [0.25, 0.3) is 0 Å². The number of fused-ring (bicyclic) bond motifs is 2. The third-order valence-electron chi connectivity index (χ3n) is 5.81. The zero-order valence-electron chi connectivity index (χ0n) is 12.4. The minimum Gasteiger partial charge on any atom is -0.384 e. The lowest BCUT2D eigenvalue weighted by Gasteiger charge is -2.38. The fraction of sp³-hybridized carbons (Fsp3) is 0.667. The summed E-state index contributed by atoms with van der Waals surface area (Å²) >= 11 is 0. The Bertz CT molecular complexity index is 470. The van der Waals surface area contributed by atoms with Crippen molar-refractivity contribution in [2.75, 3.05) is 25.0 Å². The van der Waals surface area contributed by atoms with Crippen molar-refractivity contribution in [1.29, 1.82) is 0 Å². The molecule has 1 aromatic rings. The number of hydrogen-bond acceptors (Lipinski definition) is 2. The zero-order chi connectivity index (χ0) is 13.4. The molecule has 1 saturated carbocycles. The molecule has 0 radical (unpaired) electrons. The van der Waals surface area contributed by atoms with E-state index in [9.17, 15) is 0 Å². The molecular weight excluding hydrogens is 244 g/mol. The van der Waals surface area contributed by atoms with Gasteiger partial charge in [-0.1, -0.05) is 24.6 Å². The van der Waals surface area contributed by atoms with Gasteiger partial charge in [-0.05, 0) is 62.7 Å². The second-order valence-electron chi connectivity index (χ2n) is 6.89. The second-order valence-corrected chi connectivity index (χ2v) is 6.89. The van der Waals surface area contributed by atoms with E-state index in [-0.39, 0.29) is 0 Å². The number of nitrogens with one attached hydrogen (secondary N) is 1. The van der Waals surface area contributed by atoms with Gasteiger partial charge in [-0.25, -0.2) is 0 Å². The number of likely N-dealkylation sites (tertiary alicyclic amines) is 1. The summed E-state index contributed by atoms with van der Waals surface area (Å²) in [5.74, 6) is 1.76. The van der Waals surface area contributed by atoms with Gasteiger partial charge in [0.15, 0.2) is 0 Å². The SMILES string of the molecule is c1ccc2c(c1)NCC2CCN1CCCC2CCCC21. The Kier molecular flexibility index (Phi) is 3.43. The van der Waals surface area contributed by atoms with Crippen molar-refractivity contribution >= 4 is 5.69 Å². The van der Waals surface area contributed by atoms with Gasteiger partial charge >= 0.3 is 0 Å². The fourth-order valence-corrected chi connectivity index (χ4v) is 4.77. The average Bonchev–Trinajstić information content (AvgIpc) is 3.12. The van der Waals surface area contributed by atoms with Crippen LogP contribution in [0.4, 0.5) is 5.69 Å². The molecule has 1 saturated heterocycles. The third-order valence-corrected chi connectivity index (χ3v) is 5.81. The summed E-state index contributed by atoms with van der Waals surface area (Å²) in [6.07, 6.45) is 8.68. The lowest BCUT2D eigenvalue weighted by molar-refractivity contribution is 0.110.